The zero-order valence-electron chi connectivity index (χ0n) is 10.8. The molecule has 16 heavy (non-hydrogen) atoms. The Labute approximate surface area is 99.9 Å². The van der Waals surface area contributed by atoms with Crippen molar-refractivity contribution >= 4 is 5.84 Å². The zero-order chi connectivity index (χ0) is 11.5. The van der Waals surface area contributed by atoms with Crippen LogP contribution in [-0.4, -0.2) is 23.8 Å². The molecule has 92 valence electrons. The van der Waals surface area contributed by atoms with E-state index < -0.39 is 0 Å². The van der Waals surface area contributed by atoms with Gasteiger partial charge in [-0.1, -0.05) is 33.1 Å². The third-order valence-electron chi connectivity index (χ3n) is 4.67. The van der Waals surface area contributed by atoms with Crippen molar-refractivity contribution in [3.05, 3.63) is 0 Å². The summed E-state index contributed by atoms with van der Waals surface area (Å²) in [5.41, 5.74) is 0. The second kappa shape index (κ2) is 5.20. The van der Waals surface area contributed by atoms with Crippen molar-refractivity contribution in [1.82, 2.24) is 4.90 Å². The molecule has 2 unspecified atom stereocenters. The van der Waals surface area contributed by atoms with E-state index in [0.29, 0.717) is 5.92 Å². The van der Waals surface area contributed by atoms with Crippen molar-refractivity contribution in [2.75, 3.05) is 13.1 Å². The van der Waals surface area contributed by atoms with Crippen molar-refractivity contribution in [3.63, 3.8) is 0 Å². The molecule has 0 aromatic heterocycles. The minimum absolute atomic E-state index is 0.578. The highest BCUT2D eigenvalue weighted by atomic mass is 15.2. The van der Waals surface area contributed by atoms with Gasteiger partial charge in [-0.2, -0.15) is 0 Å². The van der Waals surface area contributed by atoms with E-state index in [4.69, 9.17) is 5.41 Å². The Kier molecular flexibility index (Phi) is 3.88. The lowest BCUT2D eigenvalue weighted by Crippen LogP contribution is -2.44. The topological polar surface area (TPSA) is 27.1 Å². The molecular formula is C14H26N2. The largest absolute Gasteiger partial charge is 0.360 e. The lowest BCUT2D eigenvalue weighted by atomic mass is 9.85. The van der Waals surface area contributed by atoms with E-state index in [1.54, 1.807) is 0 Å². The minimum atomic E-state index is 0.578. The van der Waals surface area contributed by atoms with E-state index >= 15 is 0 Å². The second-order valence-electron chi connectivity index (χ2n) is 5.91. The Morgan fingerprint density at radius 2 is 1.69 bits per heavy atom. The van der Waals surface area contributed by atoms with Gasteiger partial charge in [0, 0.05) is 19.0 Å². The van der Waals surface area contributed by atoms with Crippen LogP contribution in [0.2, 0.25) is 0 Å². The predicted molar refractivity (Wildman–Crippen MR) is 68.8 cm³/mol. The maximum Gasteiger partial charge on any atom is 0.0989 e. The minimum Gasteiger partial charge on any atom is -0.360 e. The van der Waals surface area contributed by atoms with Crippen LogP contribution in [0.25, 0.3) is 0 Å². The molecule has 0 aromatic rings. The first-order valence-electron chi connectivity index (χ1n) is 7.02. The maximum absolute atomic E-state index is 8.36. The van der Waals surface area contributed by atoms with Crippen LogP contribution in [0.15, 0.2) is 0 Å². The van der Waals surface area contributed by atoms with Gasteiger partial charge >= 0.3 is 0 Å². The van der Waals surface area contributed by atoms with Gasteiger partial charge in [-0.25, -0.2) is 0 Å². The Balaban J connectivity index is 1.89. The van der Waals surface area contributed by atoms with E-state index in [0.717, 1.165) is 30.8 Å². The Morgan fingerprint density at radius 1 is 1.00 bits per heavy atom. The van der Waals surface area contributed by atoms with Crippen LogP contribution < -0.4 is 0 Å². The maximum atomic E-state index is 8.36. The average molecular weight is 222 g/mol. The number of likely N-dealkylation sites (tertiary alicyclic amines) is 1. The van der Waals surface area contributed by atoms with Gasteiger partial charge in [-0.05, 0) is 31.1 Å². The number of piperidine rings is 1. The van der Waals surface area contributed by atoms with Crippen molar-refractivity contribution in [2.45, 2.75) is 52.4 Å². The number of amidine groups is 1. The fraction of sp³-hybridized carbons (Fsp3) is 0.929. The average Bonchev–Trinajstić information content (AvgIpc) is 2.33. The van der Waals surface area contributed by atoms with Crippen LogP contribution in [0.1, 0.15) is 52.4 Å². The molecule has 2 atom stereocenters. The summed E-state index contributed by atoms with van der Waals surface area (Å²) in [6, 6.07) is 0. The molecular weight excluding hydrogens is 196 g/mol. The number of nitrogens with zero attached hydrogens (tertiary/aromatic N) is 1. The number of hydrogen-bond donors (Lipinski definition) is 1. The third kappa shape index (κ3) is 2.58. The SMILES string of the molecule is CC1CCN(C(=N)C2CCCCC2)CC1C. The molecule has 0 bridgehead atoms. The molecule has 2 rings (SSSR count). The molecule has 1 heterocycles. The normalized spacial score (nSPS) is 32.8. The zero-order valence-corrected chi connectivity index (χ0v) is 10.8. The molecule has 0 radical (unpaired) electrons. The predicted octanol–water partition coefficient (Wildman–Crippen LogP) is 3.52. The molecule has 1 N–H and O–H groups in total. The van der Waals surface area contributed by atoms with Crippen LogP contribution >= 0.6 is 0 Å². The van der Waals surface area contributed by atoms with Crippen LogP contribution in [0.3, 0.4) is 0 Å². The van der Waals surface area contributed by atoms with Gasteiger partial charge in [0.1, 0.15) is 0 Å². The van der Waals surface area contributed by atoms with Crippen molar-refractivity contribution in [1.29, 1.82) is 5.41 Å². The smallest absolute Gasteiger partial charge is 0.0989 e. The summed E-state index contributed by atoms with van der Waals surface area (Å²) >= 11 is 0. The molecule has 0 aromatic carbocycles. The van der Waals surface area contributed by atoms with Crippen LogP contribution in [0, 0.1) is 23.2 Å². The number of nitrogens with one attached hydrogen (secondary N) is 1. The van der Waals surface area contributed by atoms with Gasteiger partial charge < -0.3 is 4.90 Å². The standard InChI is InChI=1S/C14H26N2/c1-11-8-9-16(10-12(11)2)14(15)13-6-4-3-5-7-13/h11-13,15H,3-10H2,1-2H3. The van der Waals surface area contributed by atoms with Crippen molar-refractivity contribution in [2.24, 2.45) is 17.8 Å². The van der Waals surface area contributed by atoms with Crippen LogP contribution in [-0.2, 0) is 0 Å². The molecule has 1 aliphatic heterocycles. The van der Waals surface area contributed by atoms with Crippen molar-refractivity contribution < 1.29 is 0 Å². The monoisotopic (exact) mass is 222 g/mol. The summed E-state index contributed by atoms with van der Waals surface area (Å²) in [4.78, 5) is 2.36. The fourth-order valence-corrected chi connectivity index (χ4v) is 3.12. The number of rotatable bonds is 1. The first-order valence-corrected chi connectivity index (χ1v) is 7.02. The van der Waals surface area contributed by atoms with E-state index in [1.165, 1.54) is 38.5 Å². The summed E-state index contributed by atoms with van der Waals surface area (Å²) in [6.07, 6.45) is 7.87. The Bertz CT molecular complexity index is 243. The van der Waals surface area contributed by atoms with Gasteiger partial charge in [0.2, 0.25) is 0 Å². The first-order chi connectivity index (χ1) is 7.68. The van der Waals surface area contributed by atoms with E-state index in [1.807, 2.05) is 0 Å². The number of hydrogen-bond acceptors (Lipinski definition) is 1. The summed E-state index contributed by atoms with van der Waals surface area (Å²) in [6.45, 7) is 6.94. The van der Waals surface area contributed by atoms with E-state index in [9.17, 15) is 0 Å². The van der Waals surface area contributed by atoms with E-state index in [-0.39, 0.29) is 0 Å². The van der Waals surface area contributed by atoms with Gasteiger partial charge in [-0.15, -0.1) is 0 Å². The molecule has 2 heteroatoms. The van der Waals surface area contributed by atoms with Gasteiger partial charge in [0.15, 0.2) is 0 Å². The molecule has 1 saturated heterocycles. The Hall–Kier alpha value is -0.530. The summed E-state index contributed by atoms with van der Waals surface area (Å²) in [5, 5.41) is 8.36. The molecule has 2 nitrogen and oxygen atoms in total. The lowest BCUT2D eigenvalue weighted by molar-refractivity contribution is 0.193. The van der Waals surface area contributed by atoms with Gasteiger partial charge in [0.05, 0.1) is 5.84 Å². The second-order valence-corrected chi connectivity index (χ2v) is 5.91. The fourth-order valence-electron chi connectivity index (χ4n) is 3.12. The van der Waals surface area contributed by atoms with Crippen LogP contribution in [0.4, 0.5) is 0 Å². The van der Waals surface area contributed by atoms with Gasteiger partial charge in [0.25, 0.3) is 0 Å². The highest BCUT2D eigenvalue weighted by Gasteiger charge is 2.28. The molecule has 0 amide bonds. The highest BCUT2D eigenvalue weighted by molar-refractivity contribution is 5.81. The van der Waals surface area contributed by atoms with Gasteiger partial charge in [-0.3, -0.25) is 5.41 Å². The molecule has 1 aliphatic carbocycles. The third-order valence-corrected chi connectivity index (χ3v) is 4.67. The molecule has 1 saturated carbocycles. The summed E-state index contributed by atoms with van der Waals surface area (Å²) in [7, 11) is 0. The van der Waals surface area contributed by atoms with Crippen LogP contribution in [0.5, 0.6) is 0 Å². The lowest BCUT2D eigenvalue weighted by Gasteiger charge is -2.39. The quantitative estimate of drug-likeness (QED) is 0.533. The Morgan fingerprint density at radius 3 is 2.31 bits per heavy atom. The van der Waals surface area contributed by atoms with Crippen molar-refractivity contribution in [3.8, 4) is 0 Å². The van der Waals surface area contributed by atoms with E-state index in [2.05, 4.69) is 18.7 Å². The molecule has 2 fully saturated rings. The molecule has 0 spiro atoms. The molecule has 2 aliphatic rings. The highest BCUT2D eigenvalue weighted by Crippen LogP contribution is 2.29. The first kappa shape index (κ1) is 11.9. The summed E-state index contributed by atoms with van der Waals surface area (Å²) < 4.78 is 0. The summed E-state index contributed by atoms with van der Waals surface area (Å²) in [5.74, 6) is 3.14.